The number of anilines is 1. The predicted molar refractivity (Wildman–Crippen MR) is 152 cm³/mol. The molecule has 1 fully saturated rings. The zero-order valence-corrected chi connectivity index (χ0v) is 23.9. The maximum atomic E-state index is 13.9. The molecule has 1 saturated heterocycles. The molecular weight excluding hydrogens is 476 g/mol. The topological polar surface area (TPSA) is 61.5 Å². The molecule has 4 rings (SSSR count). The highest BCUT2D eigenvalue weighted by Gasteiger charge is 2.39. The zero-order valence-electron chi connectivity index (χ0n) is 22.9. The summed E-state index contributed by atoms with van der Waals surface area (Å²) in [7, 11) is -1.99. The van der Waals surface area contributed by atoms with Crippen molar-refractivity contribution in [3.05, 3.63) is 78.1 Å². The molecule has 1 atom stereocenters. The van der Waals surface area contributed by atoms with Gasteiger partial charge in [-0.05, 0) is 42.8 Å². The van der Waals surface area contributed by atoms with Gasteiger partial charge in [0.25, 0.3) is 5.91 Å². The van der Waals surface area contributed by atoms with E-state index in [2.05, 4.69) is 62.5 Å². The van der Waals surface area contributed by atoms with Crippen LogP contribution in [0.25, 0.3) is 11.1 Å². The number of carbonyl (C=O) groups excluding carboxylic acids is 1. The summed E-state index contributed by atoms with van der Waals surface area (Å²) in [6.45, 7) is 15.9. The van der Waals surface area contributed by atoms with Crippen molar-refractivity contribution in [1.82, 2.24) is 9.47 Å². The summed E-state index contributed by atoms with van der Waals surface area (Å²) in [5.41, 5.74) is 4.24. The Morgan fingerprint density at radius 1 is 0.973 bits per heavy atom. The minimum absolute atomic E-state index is 0.0327. The Hall–Kier alpha value is -3.34. The van der Waals surface area contributed by atoms with Gasteiger partial charge in [-0.2, -0.15) is 5.26 Å². The summed E-state index contributed by atoms with van der Waals surface area (Å²) in [4.78, 5) is 18.0. The van der Waals surface area contributed by atoms with Crippen LogP contribution in [0.2, 0.25) is 18.1 Å². The molecule has 1 aliphatic rings. The first-order valence-corrected chi connectivity index (χ1v) is 15.9. The molecule has 1 aliphatic heterocycles. The molecule has 2 heterocycles. The predicted octanol–water partition coefficient (Wildman–Crippen LogP) is 6.53. The molecule has 7 heteroatoms. The fourth-order valence-electron chi connectivity index (χ4n) is 4.53. The van der Waals surface area contributed by atoms with Gasteiger partial charge in [-0.3, -0.25) is 4.79 Å². The van der Waals surface area contributed by atoms with Gasteiger partial charge in [-0.25, -0.2) is 0 Å². The molecule has 1 aromatic heterocycles. The van der Waals surface area contributed by atoms with Crippen LogP contribution in [0, 0.1) is 11.3 Å². The number of benzene rings is 2. The van der Waals surface area contributed by atoms with Crippen LogP contribution < -0.4 is 4.90 Å². The van der Waals surface area contributed by atoms with Crippen molar-refractivity contribution in [2.24, 2.45) is 0 Å². The highest BCUT2D eigenvalue weighted by atomic mass is 28.4. The van der Waals surface area contributed by atoms with Gasteiger partial charge in [0, 0.05) is 44.1 Å². The monoisotopic (exact) mass is 514 g/mol. The van der Waals surface area contributed by atoms with Gasteiger partial charge in [0.15, 0.2) is 8.32 Å². The quantitative estimate of drug-likeness (QED) is 0.351. The van der Waals surface area contributed by atoms with Crippen molar-refractivity contribution in [1.29, 1.82) is 5.26 Å². The molecule has 0 aliphatic carbocycles. The van der Waals surface area contributed by atoms with Gasteiger partial charge in [-0.1, -0.05) is 63.2 Å². The van der Waals surface area contributed by atoms with E-state index in [4.69, 9.17) is 4.43 Å². The normalized spacial score (nSPS) is 15.4. The van der Waals surface area contributed by atoms with Gasteiger partial charge in [0.05, 0.1) is 16.8 Å². The largest absolute Gasteiger partial charge is 0.397 e. The fraction of sp³-hybridized carbons (Fsp3) is 0.400. The number of carbonyl (C=O) groups is 1. The van der Waals surface area contributed by atoms with Crippen molar-refractivity contribution in [2.75, 3.05) is 31.1 Å². The van der Waals surface area contributed by atoms with Crippen LogP contribution in [0.4, 0.5) is 5.69 Å². The van der Waals surface area contributed by atoms with Crippen LogP contribution in [0.3, 0.4) is 0 Å². The summed E-state index contributed by atoms with van der Waals surface area (Å²) in [5, 5.41) is 9.58. The van der Waals surface area contributed by atoms with Gasteiger partial charge in [0.2, 0.25) is 0 Å². The Bertz CT molecular complexity index is 1280. The second kappa shape index (κ2) is 10.6. The lowest BCUT2D eigenvalue weighted by molar-refractivity contribution is 0.0746. The fourth-order valence-corrected chi connectivity index (χ4v) is 5.86. The van der Waals surface area contributed by atoms with Crippen LogP contribution in [0.15, 0.2) is 67.0 Å². The maximum Gasteiger partial charge on any atom is 0.256 e. The average molecular weight is 515 g/mol. The van der Waals surface area contributed by atoms with E-state index in [9.17, 15) is 10.1 Å². The molecule has 0 bridgehead atoms. The summed E-state index contributed by atoms with van der Waals surface area (Å²) < 4.78 is 8.70. The number of amides is 1. The molecular formula is C30H38N4O2Si. The van der Waals surface area contributed by atoms with Crippen LogP contribution in [0.1, 0.15) is 49.8 Å². The number of nitrogens with zero attached hydrogens (tertiary/aromatic N) is 4. The van der Waals surface area contributed by atoms with Crippen LogP contribution in [-0.2, 0) is 4.43 Å². The number of hydrogen-bond acceptors (Lipinski definition) is 4. The lowest BCUT2D eigenvalue weighted by Gasteiger charge is -2.38. The first-order chi connectivity index (χ1) is 17.5. The van der Waals surface area contributed by atoms with Crippen LogP contribution >= 0.6 is 0 Å². The van der Waals surface area contributed by atoms with Gasteiger partial charge >= 0.3 is 0 Å². The van der Waals surface area contributed by atoms with E-state index in [0.717, 1.165) is 16.8 Å². The van der Waals surface area contributed by atoms with Crippen molar-refractivity contribution in [3.63, 3.8) is 0 Å². The molecule has 3 aromatic rings. The summed E-state index contributed by atoms with van der Waals surface area (Å²) in [5.74, 6) is 0.0327. The first kappa shape index (κ1) is 26.7. The number of nitriles is 1. The van der Waals surface area contributed by atoms with E-state index in [1.165, 1.54) is 0 Å². The Labute approximate surface area is 222 Å². The highest BCUT2D eigenvalue weighted by Crippen LogP contribution is 2.39. The molecule has 37 heavy (non-hydrogen) atoms. The Kier molecular flexibility index (Phi) is 7.63. The lowest BCUT2D eigenvalue weighted by Crippen LogP contribution is -2.49. The van der Waals surface area contributed by atoms with E-state index in [0.29, 0.717) is 37.3 Å². The SMILES string of the molecule is CC(O[Si](C)(C)C(C)(C)C)n1cc(C(=O)N2CCN(c3ccccc3C#N)CC2)c(-c2ccccc2)c1. The molecule has 6 nitrogen and oxygen atoms in total. The molecule has 0 N–H and O–H groups in total. The summed E-state index contributed by atoms with van der Waals surface area (Å²) in [6, 6.07) is 20.0. The Balaban J connectivity index is 1.58. The standard InChI is InChI=1S/C30H38N4O2Si/c1-23(36-37(5,6)30(2,3)4)34-21-26(24-12-8-7-9-13-24)27(22-34)29(35)33-18-16-32(17-19-33)28-15-11-10-14-25(28)20-31/h7-15,21-23H,16-19H2,1-6H3. The molecule has 0 spiro atoms. The van der Waals surface area contributed by atoms with E-state index in [-0.39, 0.29) is 17.2 Å². The smallest absolute Gasteiger partial charge is 0.256 e. The second-order valence-electron chi connectivity index (χ2n) is 11.3. The summed E-state index contributed by atoms with van der Waals surface area (Å²) in [6.07, 6.45) is 3.84. The van der Waals surface area contributed by atoms with Gasteiger partial charge in [0.1, 0.15) is 12.3 Å². The third-order valence-electron chi connectivity index (χ3n) is 7.79. The average Bonchev–Trinajstić information content (AvgIpc) is 3.34. The zero-order chi connectivity index (χ0) is 26.8. The minimum Gasteiger partial charge on any atom is -0.397 e. The number of para-hydroxylation sites is 1. The Morgan fingerprint density at radius 2 is 1.59 bits per heavy atom. The van der Waals surface area contributed by atoms with Gasteiger partial charge < -0.3 is 18.8 Å². The van der Waals surface area contributed by atoms with Crippen molar-refractivity contribution in [2.45, 2.75) is 52.1 Å². The van der Waals surface area contributed by atoms with Crippen LogP contribution in [-0.4, -0.2) is 49.9 Å². The molecule has 194 valence electrons. The van der Waals surface area contributed by atoms with Gasteiger partial charge in [-0.15, -0.1) is 0 Å². The number of aromatic nitrogens is 1. The number of rotatable bonds is 6. The van der Waals surface area contributed by atoms with E-state index < -0.39 is 8.32 Å². The lowest BCUT2D eigenvalue weighted by atomic mass is 10.0. The third-order valence-corrected chi connectivity index (χ3v) is 12.3. The molecule has 2 aromatic carbocycles. The third kappa shape index (κ3) is 5.66. The highest BCUT2D eigenvalue weighted by molar-refractivity contribution is 6.74. The molecule has 0 radical (unpaired) electrons. The van der Waals surface area contributed by atoms with E-state index >= 15 is 0 Å². The number of piperazine rings is 1. The molecule has 1 unspecified atom stereocenters. The van der Waals surface area contributed by atoms with Crippen molar-refractivity contribution < 1.29 is 9.22 Å². The number of hydrogen-bond donors (Lipinski definition) is 0. The molecule has 0 saturated carbocycles. The van der Waals surface area contributed by atoms with Crippen molar-refractivity contribution in [3.8, 4) is 17.2 Å². The van der Waals surface area contributed by atoms with E-state index in [1.807, 2.05) is 65.7 Å². The maximum absolute atomic E-state index is 13.9. The first-order valence-electron chi connectivity index (χ1n) is 13.0. The van der Waals surface area contributed by atoms with E-state index in [1.54, 1.807) is 0 Å². The van der Waals surface area contributed by atoms with Crippen molar-refractivity contribution >= 4 is 19.9 Å². The minimum atomic E-state index is -1.99. The summed E-state index contributed by atoms with van der Waals surface area (Å²) >= 11 is 0. The molecule has 1 amide bonds. The Morgan fingerprint density at radius 3 is 2.22 bits per heavy atom. The second-order valence-corrected chi connectivity index (χ2v) is 16.0. The van der Waals surface area contributed by atoms with Crippen LogP contribution in [0.5, 0.6) is 0 Å².